The van der Waals surface area contributed by atoms with Crippen molar-refractivity contribution < 1.29 is 9.72 Å². The molecule has 5 nitrogen and oxygen atoms in total. The number of hydrogen-bond donors (Lipinski definition) is 1. The van der Waals surface area contributed by atoms with Gasteiger partial charge in [0.1, 0.15) is 0 Å². The predicted molar refractivity (Wildman–Crippen MR) is 108 cm³/mol. The Kier molecular flexibility index (Phi) is 6.83. The molecule has 0 aliphatic carbocycles. The molecule has 0 saturated carbocycles. The van der Waals surface area contributed by atoms with Gasteiger partial charge in [-0.3, -0.25) is 14.9 Å². The van der Waals surface area contributed by atoms with E-state index in [-0.39, 0.29) is 11.6 Å². The fraction of sp³-hybridized carbons (Fsp3) is 0.136. The van der Waals surface area contributed by atoms with Crippen LogP contribution in [0.3, 0.4) is 0 Å². The molecule has 0 radical (unpaired) electrons. The number of nitro groups is 1. The second-order valence-corrected chi connectivity index (χ2v) is 6.11. The molecular formula is C22H22N2O3. The lowest BCUT2D eigenvalue weighted by atomic mass is 9.83. The van der Waals surface area contributed by atoms with Crippen molar-refractivity contribution in [2.45, 2.75) is 18.4 Å². The van der Waals surface area contributed by atoms with Crippen molar-refractivity contribution in [3.8, 4) is 0 Å². The van der Waals surface area contributed by atoms with Crippen LogP contribution in [0.1, 0.15) is 24.0 Å². The SMILES string of the molecule is C=CCC(CC=C)(NC(=O)C=Cc1cccc([N+](=O)[O-])c1)c1ccccc1. The van der Waals surface area contributed by atoms with Gasteiger partial charge in [0.2, 0.25) is 5.91 Å². The Morgan fingerprint density at radius 1 is 1.07 bits per heavy atom. The van der Waals surface area contributed by atoms with E-state index < -0.39 is 10.5 Å². The molecule has 0 spiro atoms. The molecule has 0 unspecified atom stereocenters. The molecule has 0 saturated heterocycles. The summed E-state index contributed by atoms with van der Waals surface area (Å²) >= 11 is 0. The lowest BCUT2D eigenvalue weighted by Gasteiger charge is -2.33. The number of rotatable bonds is 9. The minimum atomic E-state index is -0.644. The number of benzene rings is 2. The van der Waals surface area contributed by atoms with Gasteiger partial charge < -0.3 is 5.32 Å². The van der Waals surface area contributed by atoms with Crippen LogP contribution in [0.25, 0.3) is 6.08 Å². The van der Waals surface area contributed by atoms with E-state index >= 15 is 0 Å². The average Bonchev–Trinajstić information content (AvgIpc) is 2.67. The quantitative estimate of drug-likeness (QED) is 0.302. The monoisotopic (exact) mass is 362 g/mol. The van der Waals surface area contributed by atoms with Crippen LogP contribution in [0, 0.1) is 10.1 Å². The molecule has 2 aromatic carbocycles. The largest absolute Gasteiger partial charge is 0.342 e. The highest BCUT2D eigenvalue weighted by Crippen LogP contribution is 2.30. The first-order valence-corrected chi connectivity index (χ1v) is 8.53. The molecule has 2 aromatic rings. The van der Waals surface area contributed by atoms with E-state index in [1.165, 1.54) is 18.2 Å². The van der Waals surface area contributed by atoms with Crippen LogP contribution in [0.5, 0.6) is 0 Å². The Balaban J connectivity index is 2.25. The highest BCUT2D eigenvalue weighted by atomic mass is 16.6. The standard InChI is InChI=1S/C22H22N2O3/c1-3-15-22(16-4-2,19-10-6-5-7-11-19)23-21(25)14-13-18-9-8-12-20(17-18)24(26)27/h3-14,17H,1-2,15-16H2,(H,23,25). The van der Waals surface area contributed by atoms with E-state index in [0.717, 1.165) is 5.56 Å². The van der Waals surface area contributed by atoms with Gasteiger partial charge in [0.25, 0.3) is 5.69 Å². The van der Waals surface area contributed by atoms with Gasteiger partial charge in [-0.25, -0.2) is 0 Å². The molecule has 0 heterocycles. The van der Waals surface area contributed by atoms with Gasteiger partial charge in [0.05, 0.1) is 10.5 Å². The molecule has 0 aliphatic rings. The van der Waals surface area contributed by atoms with E-state index in [4.69, 9.17) is 0 Å². The number of carbonyl (C=O) groups excluding carboxylic acids is 1. The van der Waals surface area contributed by atoms with Crippen molar-refractivity contribution in [3.05, 3.63) is 107 Å². The van der Waals surface area contributed by atoms with E-state index in [2.05, 4.69) is 18.5 Å². The third-order valence-electron chi connectivity index (χ3n) is 4.18. The van der Waals surface area contributed by atoms with Gasteiger partial charge in [-0.15, -0.1) is 13.2 Å². The van der Waals surface area contributed by atoms with E-state index in [1.807, 2.05) is 30.3 Å². The van der Waals surface area contributed by atoms with Gasteiger partial charge in [0, 0.05) is 18.2 Å². The van der Waals surface area contributed by atoms with Crippen LogP contribution >= 0.6 is 0 Å². The van der Waals surface area contributed by atoms with Gasteiger partial charge >= 0.3 is 0 Å². The zero-order valence-corrected chi connectivity index (χ0v) is 15.0. The summed E-state index contributed by atoms with van der Waals surface area (Å²) in [7, 11) is 0. The summed E-state index contributed by atoms with van der Waals surface area (Å²) < 4.78 is 0. The Bertz CT molecular complexity index is 847. The molecule has 1 amide bonds. The van der Waals surface area contributed by atoms with Crippen molar-refractivity contribution in [1.29, 1.82) is 0 Å². The summed E-state index contributed by atoms with van der Waals surface area (Å²) in [6.07, 6.45) is 7.55. The summed E-state index contributed by atoms with van der Waals surface area (Å²) in [5, 5.41) is 13.9. The normalized spacial score (nSPS) is 11.1. The Labute approximate surface area is 158 Å². The number of nitrogens with zero attached hydrogens (tertiary/aromatic N) is 1. The molecule has 2 rings (SSSR count). The fourth-order valence-corrected chi connectivity index (χ4v) is 2.93. The van der Waals surface area contributed by atoms with Crippen LogP contribution in [-0.4, -0.2) is 10.8 Å². The number of nitro benzene ring substituents is 1. The molecule has 0 fully saturated rings. The van der Waals surface area contributed by atoms with Crippen LogP contribution in [-0.2, 0) is 10.3 Å². The maximum absolute atomic E-state index is 12.6. The number of carbonyl (C=O) groups is 1. The molecule has 1 N–H and O–H groups in total. The summed E-state index contributed by atoms with van der Waals surface area (Å²) in [4.78, 5) is 23.0. The fourth-order valence-electron chi connectivity index (χ4n) is 2.93. The van der Waals surface area contributed by atoms with Gasteiger partial charge in [-0.1, -0.05) is 54.6 Å². The summed E-state index contributed by atoms with van der Waals surface area (Å²) in [6.45, 7) is 7.63. The van der Waals surface area contributed by atoms with Gasteiger partial charge in [-0.2, -0.15) is 0 Å². The van der Waals surface area contributed by atoms with Crippen molar-refractivity contribution in [2.24, 2.45) is 0 Å². The summed E-state index contributed by atoms with van der Waals surface area (Å²) in [6, 6.07) is 15.8. The molecule has 27 heavy (non-hydrogen) atoms. The minimum Gasteiger partial charge on any atom is -0.342 e. The van der Waals surface area contributed by atoms with Crippen LogP contribution in [0.15, 0.2) is 86.0 Å². The topological polar surface area (TPSA) is 72.2 Å². The first-order valence-electron chi connectivity index (χ1n) is 8.53. The molecule has 0 bridgehead atoms. The second-order valence-electron chi connectivity index (χ2n) is 6.11. The highest BCUT2D eigenvalue weighted by Gasteiger charge is 2.30. The lowest BCUT2D eigenvalue weighted by Crippen LogP contribution is -2.44. The van der Waals surface area contributed by atoms with Gasteiger partial charge in [0.15, 0.2) is 0 Å². The smallest absolute Gasteiger partial charge is 0.270 e. The maximum atomic E-state index is 12.6. The molecule has 138 valence electrons. The van der Waals surface area contributed by atoms with Crippen molar-refractivity contribution in [1.82, 2.24) is 5.32 Å². The molecule has 0 aromatic heterocycles. The zero-order chi connectivity index (χ0) is 19.7. The predicted octanol–water partition coefficient (Wildman–Crippen LogP) is 4.77. The Morgan fingerprint density at radius 2 is 1.74 bits per heavy atom. The third kappa shape index (κ3) is 5.25. The number of nitrogens with one attached hydrogen (secondary N) is 1. The molecule has 5 heteroatoms. The van der Waals surface area contributed by atoms with Crippen molar-refractivity contribution in [2.75, 3.05) is 0 Å². The molecule has 0 aliphatic heterocycles. The van der Waals surface area contributed by atoms with Crippen LogP contribution in [0.4, 0.5) is 5.69 Å². The lowest BCUT2D eigenvalue weighted by molar-refractivity contribution is -0.384. The van der Waals surface area contributed by atoms with Crippen molar-refractivity contribution >= 4 is 17.7 Å². The summed E-state index contributed by atoms with van der Waals surface area (Å²) in [5.41, 5.74) is 0.878. The van der Waals surface area contributed by atoms with Crippen LogP contribution < -0.4 is 5.32 Å². The first-order chi connectivity index (χ1) is 13.0. The average molecular weight is 362 g/mol. The number of non-ortho nitro benzene ring substituents is 1. The maximum Gasteiger partial charge on any atom is 0.270 e. The first kappa shape index (κ1) is 19.8. The molecule has 0 atom stereocenters. The van der Waals surface area contributed by atoms with Crippen LogP contribution in [0.2, 0.25) is 0 Å². The third-order valence-corrected chi connectivity index (χ3v) is 4.18. The van der Waals surface area contributed by atoms with Crippen molar-refractivity contribution in [3.63, 3.8) is 0 Å². The Morgan fingerprint density at radius 3 is 2.33 bits per heavy atom. The van der Waals surface area contributed by atoms with Gasteiger partial charge in [-0.05, 0) is 30.0 Å². The second kappa shape index (κ2) is 9.29. The highest BCUT2D eigenvalue weighted by molar-refractivity contribution is 5.92. The van der Waals surface area contributed by atoms with E-state index in [0.29, 0.717) is 18.4 Å². The number of hydrogen-bond acceptors (Lipinski definition) is 3. The summed E-state index contributed by atoms with van der Waals surface area (Å²) in [5.74, 6) is -0.297. The Hall–Kier alpha value is -3.47. The zero-order valence-electron chi connectivity index (χ0n) is 15.0. The van der Waals surface area contributed by atoms with E-state index in [9.17, 15) is 14.9 Å². The molecular weight excluding hydrogens is 340 g/mol. The number of amides is 1. The minimum absolute atomic E-state index is 0.0190. The van der Waals surface area contributed by atoms with E-state index in [1.54, 1.807) is 30.4 Å².